The van der Waals surface area contributed by atoms with Crippen molar-refractivity contribution in [3.63, 3.8) is 0 Å². The first-order valence-corrected chi connectivity index (χ1v) is 13.3. The third kappa shape index (κ3) is 7.71. The lowest BCUT2D eigenvalue weighted by atomic mass is 10.1. The number of rotatable bonds is 11. The van der Waals surface area contributed by atoms with Gasteiger partial charge in [0.1, 0.15) is 0 Å². The highest BCUT2D eigenvalue weighted by Gasteiger charge is 2.11. The lowest BCUT2D eigenvalue weighted by Gasteiger charge is -2.22. The summed E-state index contributed by atoms with van der Waals surface area (Å²) < 4.78 is 23.8. The van der Waals surface area contributed by atoms with Crippen molar-refractivity contribution in [3.8, 4) is 0 Å². The monoisotopic (exact) mass is 479 g/mol. The van der Waals surface area contributed by atoms with Gasteiger partial charge in [-0.15, -0.1) is 0 Å². The van der Waals surface area contributed by atoms with Crippen molar-refractivity contribution in [1.82, 2.24) is 10.2 Å². The van der Waals surface area contributed by atoms with Crippen molar-refractivity contribution in [2.45, 2.75) is 44.8 Å². The Labute approximate surface area is 202 Å². The van der Waals surface area contributed by atoms with Gasteiger partial charge in [0.15, 0.2) is 9.84 Å². The molecule has 0 radical (unpaired) electrons. The highest BCUT2D eigenvalue weighted by Crippen LogP contribution is 2.15. The molecule has 0 unspecified atom stereocenters. The highest BCUT2D eigenvalue weighted by atomic mass is 32.2. The number of amides is 2. The van der Waals surface area contributed by atoms with Crippen LogP contribution in [0.15, 0.2) is 83.8 Å². The van der Waals surface area contributed by atoms with Crippen LogP contribution < -0.4 is 10.6 Å². The number of benzene rings is 3. The predicted molar refractivity (Wildman–Crippen MR) is 137 cm³/mol. The zero-order valence-electron chi connectivity index (χ0n) is 19.8. The van der Waals surface area contributed by atoms with Crippen molar-refractivity contribution in [3.05, 3.63) is 95.6 Å². The average Bonchev–Trinajstić information content (AvgIpc) is 2.85. The van der Waals surface area contributed by atoms with Crippen LogP contribution in [0.25, 0.3) is 0 Å². The molecule has 0 aliphatic rings. The lowest BCUT2D eigenvalue weighted by Crippen LogP contribution is -2.28. The van der Waals surface area contributed by atoms with Crippen LogP contribution in [0.3, 0.4) is 0 Å². The van der Waals surface area contributed by atoms with Gasteiger partial charge in [0, 0.05) is 25.3 Å². The topological polar surface area (TPSA) is 78.5 Å². The summed E-state index contributed by atoms with van der Waals surface area (Å²) in [7, 11) is -3.22. The highest BCUT2D eigenvalue weighted by molar-refractivity contribution is 7.91. The Morgan fingerprint density at radius 2 is 1.38 bits per heavy atom. The van der Waals surface area contributed by atoms with Crippen LogP contribution in [0.2, 0.25) is 0 Å². The van der Waals surface area contributed by atoms with Crippen molar-refractivity contribution >= 4 is 21.6 Å². The number of nitrogens with zero attached hydrogens (tertiary/aromatic N) is 1. The van der Waals surface area contributed by atoms with E-state index in [1.54, 1.807) is 31.2 Å². The molecule has 3 aromatic rings. The first-order chi connectivity index (χ1) is 16.4. The SMILES string of the molecule is CCCN(Cc1ccccc1)Cc1ccc(NC(=O)NCc2ccc(S(=O)(=O)CC)cc2)cc1. The van der Waals surface area contributed by atoms with Crippen LogP contribution in [-0.4, -0.2) is 31.6 Å². The second-order valence-corrected chi connectivity index (χ2v) is 10.5. The summed E-state index contributed by atoms with van der Waals surface area (Å²) in [6.07, 6.45) is 1.09. The summed E-state index contributed by atoms with van der Waals surface area (Å²) in [6, 6.07) is 24.6. The molecule has 0 saturated heterocycles. The Morgan fingerprint density at radius 3 is 1.97 bits per heavy atom. The van der Waals surface area contributed by atoms with E-state index in [1.165, 1.54) is 11.1 Å². The van der Waals surface area contributed by atoms with Crippen LogP contribution in [0, 0.1) is 0 Å². The van der Waals surface area contributed by atoms with Crippen LogP contribution in [0.5, 0.6) is 0 Å². The van der Waals surface area contributed by atoms with E-state index < -0.39 is 9.84 Å². The summed E-state index contributed by atoms with van der Waals surface area (Å²) in [5.74, 6) is 0.0649. The molecule has 2 N–H and O–H groups in total. The van der Waals surface area contributed by atoms with Gasteiger partial charge in [-0.1, -0.05) is 68.4 Å². The minimum Gasteiger partial charge on any atom is -0.334 e. The summed E-state index contributed by atoms with van der Waals surface area (Å²) in [6.45, 7) is 6.88. The van der Waals surface area contributed by atoms with E-state index in [2.05, 4.69) is 46.7 Å². The van der Waals surface area contributed by atoms with Gasteiger partial charge in [-0.05, 0) is 53.9 Å². The maximum absolute atomic E-state index is 12.3. The lowest BCUT2D eigenvalue weighted by molar-refractivity contribution is 0.251. The summed E-state index contributed by atoms with van der Waals surface area (Å²) in [5.41, 5.74) is 4.04. The number of anilines is 1. The molecule has 3 rings (SSSR count). The number of hydrogen-bond acceptors (Lipinski definition) is 4. The summed E-state index contributed by atoms with van der Waals surface area (Å²) in [4.78, 5) is 15.0. The second kappa shape index (κ2) is 12.3. The van der Waals surface area contributed by atoms with Gasteiger partial charge >= 0.3 is 6.03 Å². The number of carbonyl (C=O) groups is 1. The molecule has 2 amide bonds. The summed E-state index contributed by atoms with van der Waals surface area (Å²) in [5, 5.41) is 5.65. The van der Waals surface area contributed by atoms with Gasteiger partial charge in [-0.25, -0.2) is 13.2 Å². The molecule has 3 aromatic carbocycles. The number of sulfone groups is 1. The zero-order chi connectivity index (χ0) is 24.4. The molecule has 34 heavy (non-hydrogen) atoms. The third-order valence-electron chi connectivity index (χ3n) is 5.52. The molecule has 0 bridgehead atoms. The maximum atomic E-state index is 12.3. The average molecular weight is 480 g/mol. The maximum Gasteiger partial charge on any atom is 0.319 e. The van der Waals surface area contributed by atoms with E-state index in [1.807, 2.05) is 30.3 Å². The Balaban J connectivity index is 1.50. The predicted octanol–water partition coefficient (Wildman–Crippen LogP) is 5.21. The molecule has 7 heteroatoms. The van der Waals surface area contributed by atoms with Crippen molar-refractivity contribution in [2.24, 2.45) is 0 Å². The first-order valence-electron chi connectivity index (χ1n) is 11.6. The van der Waals surface area contributed by atoms with Gasteiger partial charge in [0.25, 0.3) is 0 Å². The minimum absolute atomic E-state index is 0.0649. The van der Waals surface area contributed by atoms with Gasteiger partial charge in [-0.2, -0.15) is 0 Å². The normalized spacial score (nSPS) is 11.4. The molecule has 0 aliphatic carbocycles. The summed E-state index contributed by atoms with van der Waals surface area (Å²) >= 11 is 0. The van der Waals surface area contributed by atoms with Crippen LogP contribution >= 0.6 is 0 Å². The Morgan fingerprint density at radius 1 is 0.794 bits per heavy atom. The molecular weight excluding hydrogens is 446 g/mol. The molecule has 0 fully saturated rings. The van der Waals surface area contributed by atoms with Gasteiger partial charge in [-0.3, -0.25) is 4.90 Å². The van der Waals surface area contributed by atoms with Crippen molar-refractivity contribution in [2.75, 3.05) is 17.6 Å². The molecule has 6 nitrogen and oxygen atoms in total. The molecule has 0 heterocycles. The van der Waals surface area contributed by atoms with Crippen LogP contribution in [0.4, 0.5) is 10.5 Å². The van der Waals surface area contributed by atoms with E-state index in [0.717, 1.165) is 37.3 Å². The molecule has 0 spiro atoms. The van der Waals surface area contributed by atoms with E-state index in [-0.39, 0.29) is 11.8 Å². The number of hydrogen-bond donors (Lipinski definition) is 2. The molecule has 0 aromatic heterocycles. The van der Waals surface area contributed by atoms with Crippen LogP contribution in [0.1, 0.15) is 37.0 Å². The fraction of sp³-hybridized carbons (Fsp3) is 0.296. The Bertz CT molecular complexity index is 1150. The quantitative estimate of drug-likeness (QED) is 0.396. The minimum atomic E-state index is -3.22. The van der Waals surface area contributed by atoms with E-state index in [0.29, 0.717) is 11.4 Å². The first kappa shape index (κ1) is 25.5. The zero-order valence-corrected chi connectivity index (χ0v) is 20.6. The van der Waals surface area contributed by atoms with E-state index in [4.69, 9.17) is 0 Å². The molecule has 0 atom stereocenters. The fourth-order valence-corrected chi connectivity index (χ4v) is 4.55. The van der Waals surface area contributed by atoms with E-state index in [9.17, 15) is 13.2 Å². The van der Waals surface area contributed by atoms with Crippen LogP contribution in [-0.2, 0) is 29.5 Å². The smallest absolute Gasteiger partial charge is 0.319 e. The molecule has 0 aliphatic heterocycles. The van der Waals surface area contributed by atoms with Gasteiger partial charge < -0.3 is 10.6 Å². The Hall–Kier alpha value is -3.16. The molecule has 180 valence electrons. The Kier molecular flexibility index (Phi) is 9.24. The van der Waals surface area contributed by atoms with Crippen molar-refractivity contribution in [1.29, 1.82) is 0 Å². The van der Waals surface area contributed by atoms with Crippen molar-refractivity contribution < 1.29 is 13.2 Å². The standard InChI is InChI=1S/C27H33N3O3S/c1-3-18-30(20-23-8-6-5-7-9-23)21-24-10-14-25(15-11-24)29-27(31)28-19-22-12-16-26(17-13-22)34(32,33)4-2/h5-17H,3-4,18-21H2,1-2H3,(H2,28,29,31). The number of nitrogens with one attached hydrogen (secondary N) is 2. The molecular formula is C27H33N3O3S. The largest absolute Gasteiger partial charge is 0.334 e. The van der Waals surface area contributed by atoms with E-state index >= 15 is 0 Å². The molecule has 0 saturated carbocycles. The van der Waals surface area contributed by atoms with Gasteiger partial charge in [0.05, 0.1) is 10.6 Å². The number of carbonyl (C=O) groups excluding carboxylic acids is 1. The third-order valence-corrected chi connectivity index (χ3v) is 7.27. The van der Waals surface area contributed by atoms with Gasteiger partial charge in [0.2, 0.25) is 0 Å². The number of urea groups is 1. The fourth-order valence-electron chi connectivity index (χ4n) is 3.66. The second-order valence-electron chi connectivity index (χ2n) is 8.25.